The molecule has 0 radical (unpaired) electrons. The third kappa shape index (κ3) is 3.78. The van der Waals surface area contributed by atoms with E-state index in [2.05, 4.69) is 0 Å². The lowest BCUT2D eigenvalue weighted by Crippen LogP contribution is -2.46. The Morgan fingerprint density at radius 3 is 2.32 bits per heavy atom. The van der Waals surface area contributed by atoms with Gasteiger partial charge in [0.25, 0.3) is 0 Å². The molecule has 1 fully saturated rings. The Bertz CT molecular complexity index is 567. The van der Waals surface area contributed by atoms with Gasteiger partial charge >= 0.3 is 12.1 Å². The number of piperidine rings is 1. The van der Waals surface area contributed by atoms with Crippen molar-refractivity contribution in [2.45, 2.75) is 44.8 Å². The van der Waals surface area contributed by atoms with Gasteiger partial charge in [0.2, 0.25) is 0 Å². The summed E-state index contributed by atoms with van der Waals surface area (Å²) < 4.78 is 5.32. The lowest BCUT2D eigenvalue weighted by molar-refractivity contribution is -0.0335. The molecule has 2 heterocycles. The number of aliphatic hydroxyl groups is 1. The average Bonchev–Trinajstić information content (AvgIpc) is 2.87. The summed E-state index contributed by atoms with van der Waals surface area (Å²) in [5.74, 6) is -0.994. The monoisotopic (exact) mass is 327 g/mol. The number of hydrogen-bond acceptors (Lipinski definition) is 5. The maximum absolute atomic E-state index is 12.0. The van der Waals surface area contributed by atoms with Gasteiger partial charge in [0.15, 0.2) is 0 Å². The summed E-state index contributed by atoms with van der Waals surface area (Å²) >= 11 is 1.08. The van der Waals surface area contributed by atoms with Crippen molar-refractivity contribution in [2.24, 2.45) is 0 Å². The zero-order valence-electron chi connectivity index (χ0n) is 13.0. The van der Waals surface area contributed by atoms with Crippen LogP contribution in [0.5, 0.6) is 0 Å². The quantitative estimate of drug-likeness (QED) is 0.872. The molecule has 0 atom stereocenters. The minimum atomic E-state index is -1.07. The molecule has 7 heteroatoms. The number of carboxylic acid groups (broad SMARTS) is 1. The molecule has 0 aliphatic carbocycles. The lowest BCUT2D eigenvalue weighted by atomic mass is 9.90. The molecule has 1 aromatic rings. The zero-order chi connectivity index (χ0) is 16.5. The third-order valence-corrected chi connectivity index (χ3v) is 4.78. The first kappa shape index (κ1) is 16.8. The summed E-state index contributed by atoms with van der Waals surface area (Å²) in [6.45, 7) is 6.19. The van der Waals surface area contributed by atoms with Gasteiger partial charge in [-0.2, -0.15) is 0 Å². The van der Waals surface area contributed by atoms with Gasteiger partial charge in [0.1, 0.15) is 16.1 Å². The van der Waals surface area contributed by atoms with Crippen LogP contribution in [0.2, 0.25) is 0 Å². The number of ether oxygens (including phenoxy) is 1. The van der Waals surface area contributed by atoms with E-state index in [0.29, 0.717) is 30.8 Å². The van der Waals surface area contributed by atoms with Gasteiger partial charge in [-0.1, -0.05) is 0 Å². The summed E-state index contributed by atoms with van der Waals surface area (Å²) in [6, 6.07) is 3.15. The molecule has 122 valence electrons. The fraction of sp³-hybridized carbons (Fsp3) is 0.600. The summed E-state index contributed by atoms with van der Waals surface area (Å²) in [6.07, 6.45) is 0.351. The van der Waals surface area contributed by atoms with Crippen molar-refractivity contribution in [3.05, 3.63) is 21.9 Å². The first-order valence-corrected chi connectivity index (χ1v) is 7.96. The second-order valence-corrected chi connectivity index (χ2v) is 7.55. The van der Waals surface area contributed by atoms with Crippen molar-refractivity contribution in [3.8, 4) is 0 Å². The molecule has 1 amide bonds. The molecule has 0 saturated carbocycles. The van der Waals surface area contributed by atoms with Gasteiger partial charge in [-0.3, -0.25) is 0 Å². The van der Waals surface area contributed by atoms with Crippen molar-refractivity contribution in [1.82, 2.24) is 4.90 Å². The van der Waals surface area contributed by atoms with Crippen LogP contribution in [0.3, 0.4) is 0 Å². The van der Waals surface area contributed by atoms with E-state index in [4.69, 9.17) is 9.84 Å². The molecule has 0 spiro atoms. The highest BCUT2D eigenvalue weighted by atomic mass is 32.1. The van der Waals surface area contributed by atoms with Crippen LogP contribution in [-0.2, 0) is 10.3 Å². The van der Waals surface area contributed by atoms with Crippen molar-refractivity contribution >= 4 is 23.4 Å². The Kier molecular flexibility index (Phi) is 4.49. The lowest BCUT2D eigenvalue weighted by Gasteiger charge is -2.38. The summed E-state index contributed by atoms with van der Waals surface area (Å²) in [5, 5.41) is 19.7. The Morgan fingerprint density at radius 2 is 1.86 bits per heavy atom. The molecule has 0 aromatic carbocycles. The average molecular weight is 327 g/mol. The highest BCUT2D eigenvalue weighted by Gasteiger charge is 2.38. The molecule has 1 saturated heterocycles. The summed E-state index contributed by atoms with van der Waals surface area (Å²) in [5.41, 5.74) is -1.62. The van der Waals surface area contributed by atoms with Crippen LogP contribution in [0, 0.1) is 0 Å². The third-order valence-electron chi connectivity index (χ3n) is 3.52. The molecule has 22 heavy (non-hydrogen) atoms. The number of carbonyl (C=O) groups excluding carboxylic acids is 1. The molecule has 2 N–H and O–H groups in total. The largest absolute Gasteiger partial charge is 0.477 e. The van der Waals surface area contributed by atoms with E-state index in [-0.39, 0.29) is 11.0 Å². The van der Waals surface area contributed by atoms with Crippen LogP contribution < -0.4 is 0 Å². The molecule has 0 unspecified atom stereocenters. The predicted molar refractivity (Wildman–Crippen MR) is 82.2 cm³/mol. The standard InChI is InChI=1S/C15H21NO5S/c1-14(2,3)21-13(19)16-8-6-15(20,7-9-16)11-5-4-10(22-11)12(17)18/h4-5,20H,6-9H2,1-3H3,(H,17,18). The number of hydrogen-bond donors (Lipinski definition) is 2. The second kappa shape index (κ2) is 5.89. The SMILES string of the molecule is CC(C)(C)OC(=O)N1CCC(O)(c2ccc(C(=O)O)s2)CC1. The van der Waals surface area contributed by atoms with E-state index in [1.165, 1.54) is 6.07 Å². The van der Waals surface area contributed by atoms with Crippen molar-refractivity contribution < 1.29 is 24.5 Å². The van der Waals surface area contributed by atoms with E-state index in [1.807, 2.05) is 20.8 Å². The van der Waals surface area contributed by atoms with Crippen LogP contribution >= 0.6 is 11.3 Å². The smallest absolute Gasteiger partial charge is 0.410 e. The van der Waals surface area contributed by atoms with Crippen molar-refractivity contribution in [2.75, 3.05) is 13.1 Å². The van der Waals surface area contributed by atoms with Crippen molar-refractivity contribution in [3.63, 3.8) is 0 Å². The molecular formula is C15H21NO5S. The molecular weight excluding hydrogens is 306 g/mol. The molecule has 1 aliphatic heterocycles. The summed E-state index contributed by atoms with van der Waals surface area (Å²) in [7, 11) is 0. The van der Waals surface area contributed by atoms with Gasteiger partial charge in [-0.15, -0.1) is 11.3 Å². The number of likely N-dealkylation sites (tertiary alicyclic amines) is 1. The number of carboxylic acids is 1. The van der Waals surface area contributed by atoms with E-state index in [9.17, 15) is 14.7 Å². The van der Waals surface area contributed by atoms with Crippen LogP contribution in [0.25, 0.3) is 0 Å². The Labute approximate surface area is 133 Å². The molecule has 1 aliphatic rings. The minimum Gasteiger partial charge on any atom is -0.477 e. The Hall–Kier alpha value is -1.60. The maximum atomic E-state index is 12.0. The summed E-state index contributed by atoms with van der Waals surface area (Å²) in [4.78, 5) is 25.4. The van der Waals surface area contributed by atoms with Gasteiger partial charge in [0, 0.05) is 18.0 Å². The van der Waals surface area contributed by atoms with Crippen LogP contribution in [-0.4, -0.2) is 45.9 Å². The van der Waals surface area contributed by atoms with E-state index < -0.39 is 17.2 Å². The van der Waals surface area contributed by atoms with Crippen LogP contribution in [0.4, 0.5) is 4.79 Å². The van der Waals surface area contributed by atoms with Gasteiger partial charge in [-0.25, -0.2) is 9.59 Å². The van der Waals surface area contributed by atoms with Gasteiger partial charge in [0.05, 0.1) is 0 Å². The molecule has 2 rings (SSSR count). The topological polar surface area (TPSA) is 87.1 Å². The first-order chi connectivity index (χ1) is 10.1. The number of aromatic carboxylic acids is 1. The Morgan fingerprint density at radius 1 is 1.27 bits per heavy atom. The molecule has 1 aromatic heterocycles. The van der Waals surface area contributed by atoms with E-state index in [1.54, 1.807) is 11.0 Å². The predicted octanol–water partition coefficient (Wildman–Crippen LogP) is 2.66. The number of nitrogens with zero attached hydrogens (tertiary/aromatic N) is 1. The fourth-order valence-electron chi connectivity index (χ4n) is 2.34. The zero-order valence-corrected chi connectivity index (χ0v) is 13.8. The molecule has 6 nitrogen and oxygen atoms in total. The first-order valence-electron chi connectivity index (χ1n) is 7.15. The Balaban J connectivity index is 2.01. The van der Waals surface area contributed by atoms with E-state index >= 15 is 0 Å². The van der Waals surface area contributed by atoms with Gasteiger partial charge < -0.3 is 19.8 Å². The van der Waals surface area contributed by atoms with Crippen molar-refractivity contribution in [1.29, 1.82) is 0 Å². The normalized spacial score (nSPS) is 18.1. The van der Waals surface area contributed by atoms with Gasteiger partial charge in [-0.05, 0) is 45.7 Å². The fourth-order valence-corrected chi connectivity index (χ4v) is 3.33. The molecule has 0 bridgehead atoms. The van der Waals surface area contributed by atoms with E-state index in [0.717, 1.165) is 11.3 Å². The highest BCUT2D eigenvalue weighted by molar-refractivity contribution is 7.14. The van der Waals surface area contributed by atoms with Crippen LogP contribution in [0.1, 0.15) is 48.2 Å². The second-order valence-electron chi connectivity index (χ2n) is 6.47. The number of carbonyl (C=O) groups is 2. The van der Waals surface area contributed by atoms with Crippen LogP contribution in [0.15, 0.2) is 12.1 Å². The number of rotatable bonds is 2. The maximum Gasteiger partial charge on any atom is 0.410 e. The highest BCUT2D eigenvalue weighted by Crippen LogP contribution is 2.37. The number of amides is 1. The minimum absolute atomic E-state index is 0.206. The number of thiophene rings is 1.